The molecule has 1 unspecified atom stereocenters. The van der Waals surface area contributed by atoms with Gasteiger partial charge >= 0.3 is 0 Å². The Morgan fingerprint density at radius 1 is 1.47 bits per heavy atom. The summed E-state index contributed by atoms with van der Waals surface area (Å²) in [7, 11) is 3.69. The highest BCUT2D eigenvalue weighted by Crippen LogP contribution is 2.32. The van der Waals surface area contributed by atoms with E-state index in [1.807, 2.05) is 23.9 Å². The van der Waals surface area contributed by atoms with E-state index in [0.29, 0.717) is 5.92 Å². The van der Waals surface area contributed by atoms with Crippen LogP contribution in [-0.4, -0.2) is 30.0 Å². The van der Waals surface area contributed by atoms with Gasteiger partial charge in [-0.2, -0.15) is 5.10 Å². The molecule has 1 fully saturated rings. The van der Waals surface area contributed by atoms with Crippen molar-refractivity contribution in [1.29, 1.82) is 0 Å². The third kappa shape index (κ3) is 1.60. The fourth-order valence-corrected chi connectivity index (χ4v) is 2.68. The Balaban J connectivity index is 2.20. The predicted molar refractivity (Wildman–Crippen MR) is 67.5 cm³/mol. The van der Waals surface area contributed by atoms with Crippen molar-refractivity contribution in [3.05, 3.63) is 23.9 Å². The molecule has 1 saturated heterocycles. The Labute approximate surface area is 101 Å². The molecule has 1 aromatic heterocycles. The van der Waals surface area contributed by atoms with Crippen LogP contribution < -0.4 is 10.1 Å². The number of aromatic nitrogens is 2. The molecular formula is C13H17N3O. The number of nitrogens with zero attached hydrogens (tertiary/aromatic N) is 2. The average Bonchev–Trinajstić information content (AvgIpc) is 2.97. The van der Waals surface area contributed by atoms with E-state index >= 15 is 0 Å². The maximum absolute atomic E-state index is 5.41. The summed E-state index contributed by atoms with van der Waals surface area (Å²) in [5, 5.41) is 9.29. The molecule has 1 atom stereocenters. The fourth-order valence-electron chi connectivity index (χ4n) is 2.68. The van der Waals surface area contributed by atoms with E-state index in [1.165, 1.54) is 17.5 Å². The zero-order valence-corrected chi connectivity index (χ0v) is 10.2. The van der Waals surface area contributed by atoms with Crippen LogP contribution in [0.25, 0.3) is 10.9 Å². The second kappa shape index (κ2) is 4.04. The SMILES string of the molecule is COc1cccc2c(C3CCNC3)nn(C)c12. The molecule has 90 valence electrons. The lowest BCUT2D eigenvalue weighted by Gasteiger charge is -2.05. The standard InChI is InChI=1S/C13H17N3O/c1-16-13-10(4-3-5-11(13)17-2)12(15-16)9-6-7-14-8-9/h3-5,9,14H,6-8H2,1-2H3. The molecule has 1 aliphatic rings. The molecule has 0 spiro atoms. The average molecular weight is 231 g/mol. The lowest BCUT2D eigenvalue weighted by molar-refractivity contribution is 0.417. The number of ether oxygens (including phenoxy) is 1. The highest BCUT2D eigenvalue weighted by atomic mass is 16.5. The van der Waals surface area contributed by atoms with E-state index in [9.17, 15) is 0 Å². The van der Waals surface area contributed by atoms with E-state index in [-0.39, 0.29) is 0 Å². The van der Waals surface area contributed by atoms with Crippen molar-refractivity contribution in [3.63, 3.8) is 0 Å². The molecule has 0 radical (unpaired) electrons. The van der Waals surface area contributed by atoms with Crippen molar-refractivity contribution >= 4 is 10.9 Å². The molecule has 2 aromatic rings. The van der Waals surface area contributed by atoms with Gasteiger partial charge < -0.3 is 10.1 Å². The molecule has 0 aliphatic carbocycles. The van der Waals surface area contributed by atoms with Gasteiger partial charge in [-0.3, -0.25) is 4.68 Å². The van der Waals surface area contributed by atoms with Crippen LogP contribution in [0.2, 0.25) is 0 Å². The number of nitrogens with one attached hydrogen (secondary N) is 1. The third-order valence-electron chi connectivity index (χ3n) is 3.52. The fraction of sp³-hybridized carbons (Fsp3) is 0.462. The smallest absolute Gasteiger partial charge is 0.144 e. The van der Waals surface area contributed by atoms with Crippen LogP contribution in [0.1, 0.15) is 18.0 Å². The van der Waals surface area contributed by atoms with Crippen LogP contribution in [0, 0.1) is 0 Å². The van der Waals surface area contributed by atoms with Crippen molar-refractivity contribution in [2.45, 2.75) is 12.3 Å². The van der Waals surface area contributed by atoms with E-state index in [2.05, 4.69) is 16.5 Å². The minimum absolute atomic E-state index is 0.533. The number of fused-ring (bicyclic) bond motifs is 1. The maximum atomic E-state index is 5.41. The van der Waals surface area contributed by atoms with E-state index in [4.69, 9.17) is 4.74 Å². The third-order valence-corrected chi connectivity index (χ3v) is 3.52. The lowest BCUT2D eigenvalue weighted by Crippen LogP contribution is -2.08. The number of rotatable bonds is 2. The quantitative estimate of drug-likeness (QED) is 0.854. The molecule has 1 aliphatic heterocycles. The lowest BCUT2D eigenvalue weighted by atomic mass is 10.0. The van der Waals surface area contributed by atoms with Gasteiger partial charge in [0.2, 0.25) is 0 Å². The van der Waals surface area contributed by atoms with Crippen molar-refractivity contribution in [3.8, 4) is 5.75 Å². The number of methoxy groups -OCH3 is 1. The van der Waals surface area contributed by atoms with Crippen molar-refractivity contribution < 1.29 is 4.74 Å². The normalized spacial score (nSPS) is 20.0. The first kappa shape index (κ1) is 10.6. The van der Waals surface area contributed by atoms with Crippen LogP contribution >= 0.6 is 0 Å². The van der Waals surface area contributed by atoms with Gasteiger partial charge in [-0.05, 0) is 19.0 Å². The summed E-state index contributed by atoms with van der Waals surface area (Å²) in [5.41, 5.74) is 2.29. The van der Waals surface area contributed by atoms with E-state index in [1.54, 1.807) is 7.11 Å². The Morgan fingerprint density at radius 3 is 3.06 bits per heavy atom. The van der Waals surface area contributed by atoms with Crippen LogP contribution in [0.4, 0.5) is 0 Å². The molecule has 0 saturated carbocycles. The molecule has 1 N–H and O–H groups in total. The number of para-hydroxylation sites is 1. The number of aryl methyl sites for hydroxylation is 1. The predicted octanol–water partition coefficient (Wildman–Crippen LogP) is 1.66. The molecule has 0 bridgehead atoms. The van der Waals surface area contributed by atoms with Crippen LogP contribution in [0.5, 0.6) is 5.75 Å². The summed E-state index contributed by atoms with van der Waals surface area (Å²) in [6, 6.07) is 6.16. The van der Waals surface area contributed by atoms with Gasteiger partial charge in [0, 0.05) is 24.9 Å². The number of benzene rings is 1. The second-order valence-corrected chi connectivity index (χ2v) is 4.56. The second-order valence-electron chi connectivity index (χ2n) is 4.56. The van der Waals surface area contributed by atoms with Crippen molar-refractivity contribution in [1.82, 2.24) is 15.1 Å². The Hall–Kier alpha value is -1.55. The number of hydrogen-bond acceptors (Lipinski definition) is 3. The monoisotopic (exact) mass is 231 g/mol. The molecule has 1 aromatic carbocycles. The van der Waals surface area contributed by atoms with Crippen molar-refractivity contribution in [2.75, 3.05) is 20.2 Å². The van der Waals surface area contributed by atoms with Gasteiger partial charge in [0.1, 0.15) is 11.3 Å². The van der Waals surface area contributed by atoms with Gasteiger partial charge in [0.15, 0.2) is 0 Å². The van der Waals surface area contributed by atoms with Gasteiger partial charge in [-0.25, -0.2) is 0 Å². The molecule has 2 heterocycles. The topological polar surface area (TPSA) is 39.1 Å². The van der Waals surface area contributed by atoms with Crippen LogP contribution in [0.3, 0.4) is 0 Å². The summed E-state index contributed by atoms with van der Waals surface area (Å²) < 4.78 is 7.34. The maximum Gasteiger partial charge on any atom is 0.144 e. The molecule has 17 heavy (non-hydrogen) atoms. The van der Waals surface area contributed by atoms with Gasteiger partial charge in [0.05, 0.1) is 12.8 Å². The summed E-state index contributed by atoms with van der Waals surface area (Å²) in [5.74, 6) is 1.43. The van der Waals surface area contributed by atoms with Gasteiger partial charge in [-0.1, -0.05) is 12.1 Å². The van der Waals surface area contributed by atoms with Crippen LogP contribution in [-0.2, 0) is 7.05 Å². The summed E-state index contributed by atoms with van der Waals surface area (Å²) in [6.45, 7) is 2.12. The van der Waals surface area contributed by atoms with Crippen LogP contribution in [0.15, 0.2) is 18.2 Å². The summed E-state index contributed by atoms with van der Waals surface area (Å²) in [4.78, 5) is 0. The Morgan fingerprint density at radius 2 is 2.35 bits per heavy atom. The van der Waals surface area contributed by atoms with E-state index in [0.717, 1.165) is 24.4 Å². The molecule has 4 heteroatoms. The molecule has 3 rings (SSSR count). The largest absolute Gasteiger partial charge is 0.494 e. The Bertz CT molecular complexity index is 541. The van der Waals surface area contributed by atoms with Gasteiger partial charge in [0.25, 0.3) is 0 Å². The van der Waals surface area contributed by atoms with Gasteiger partial charge in [-0.15, -0.1) is 0 Å². The number of hydrogen-bond donors (Lipinski definition) is 1. The highest BCUT2D eigenvalue weighted by Gasteiger charge is 2.23. The Kier molecular flexibility index (Phi) is 2.52. The highest BCUT2D eigenvalue weighted by molar-refractivity contribution is 5.87. The minimum atomic E-state index is 0.533. The molecular weight excluding hydrogens is 214 g/mol. The van der Waals surface area contributed by atoms with E-state index < -0.39 is 0 Å². The first-order valence-corrected chi connectivity index (χ1v) is 6.01. The first-order chi connectivity index (χ1) is 8.31. The molecule has 0 amide bonds. The zero-order valence-electron chi connectivity index (χ0n) is 10.2. The minimum Gasteiger partial charge on any atom is -0.494 e. The molecule has 4 nitrogen and oxygen atoms in total. The summed E-state index contributed by atoms with van der Waals surface area (Å²) >= 11 is 0. The first-order valence-electron chi connectivity index (χ1n) is 6.01. The zero-order chi connectivity index (χ0) is 11.8. The van der Waals surface area contributed by atoms with Crippen molar-refractivity contribution in [2.24, 2.45) is 7.05 Å². The summed E-state index contributed by atoms with van der Waals surface area (Å²) in [6.07, 6.45) is 1.17.